The summed E-state index contributed by atoms with van der Waals surface area (Å²) in [5.74, 6) is 0.509. The van der Waals surface area contributed by atoms with Crippen LogP contribution in [0.2, 0.25) is 0 Å². The highest BCUT2D eigenvalue weighted by molar-refractivity contribution is 6.04. The molecule has 3 aromatic rings. The van der Waals surface area contributed by atoms with Gasteiger partial charge in [-0.25, -0.2) is 4.68 Å². The molecule has 26 heavy (non-hydrogen) atoms. The van der Waals surface area contributed by atoms with Crippen LogP contribution in [0.25, 0.3) is 11.4 Å². The predicted octanol–water partition coefficient (Wildman–Crippen LogP) is 1.30. The first-order valence-electron chi connectivity index (χ1n) is 8.76. The van der Waals surface area contributed by atoms with Crippen LogP contribution in [0, 0.1) is 0 Å². The molecule has 1 aliphatic carbocycles. The van der Waals surface area contributed by atoms with E-state index in [1.165, 1.54) is 0 Å². The molecule has 1 aromatic carbocycles. The summed E-state index contributed by atoms with van der Waals surface area (Å²) in [6.45, 7) is 1.55. The van der Waals surface area contributed by atoms with E-state index in [9.17, 15) is 4.79 Å². The van der Waals surface area contributed by atoms with E-state index in [1.54, 1.807) is 0 Å². The number of nitrogens with zero attached hydrogens (tertiary/aromatic N) is 5. The first-order valence-corrected chi connectivity index (χ1v) is 8.76. The molecule has 0 atom stereocenters. The minimum Gasteiger partial charge on any atom is -0.321 e. The first-order chi connectivity index (χ1) is 12.8. The zero-order chi connectivity index (χ0) is 17.5. The minimum absolute atomic E-state index is 0.217. The van der Waals surface area contributed by atoms with Gasteiger partial charge in [-0.1, -0.05) is 12.1 Å². The summed E-state index contributed by atoms with van der Waals surface area (Å²) in [5.41, 5.74) is 4.00. The molecule has 0 unspecified atom stereocenters. The molecule has 2 aliphatic rings. The molecule has 0 saturated heterocycles. The van der Waals surface area contributed by atoms with Crippen molar-refractivity contribution in [2.75, 3.05) is 11.9 Å². The highest BCUT2D eigenvalue weighted by Crippen LogP contribution is 2.36. The fraction of sp³-hybridized carbons (Fsp3) is 0.353. The van der Waals surface area contributed by atoms with Gasteiger partial charge in [0.25, 0.3) is 5.91 Å². The second-order valence-electron chi connectivity index (χ2n) is 6.67. The van der Waals surface area contributed by atoms with E-state index in [1.807, 2.05) is 28.9 Å². The zero-order valence-corrected chi connectivity index (χ0v) is 14.1. The van der Waals surface area contributed by atoms with Gasteiger partial charge in [-0.15, -0.1) is 5.10 Å². The van der Waals surface area contributed by atoms with Gasteiger partial charge in [0.15, 0.2) is 11.5 Å². The summed E-state index contributed by atoms with van der Waals surface area (Å²) < 4.78 is 1.86. The lowest BCUT2D eigenvalue weighted by molar-refractivity contribution is 0.102. The highest BCUT2D eigenvalue weighted by Gasteiger charge is 2.28. The van der Waals surface area contributed by atoms with E-state index < -0.39 is 0 Å². The number of nitrogens with one attached hydrogen (secondary N) is 3. The number of hydrogen-bond donors (Lipinski definition) is 3. The smallest absolute Gasteiger partial charge is 0.276 e. The van der Waals surface area contributed by atoms with Crippen LogP contribution in [-0.4, -0.2) is 42.9 Å². The molecule has 132 valence electrons. The summed E-state index contributed by atoms with van der Waals surface area (Å²) in [5, 5.41) is 25.4. The van der Waals surface area contributed by atoms with Crippen LogP contribution in [0.15, 0.2) is 24.3 Å². The third-order valence-electron chi connectivity index (χ3n) is 4.79. The predicted molar refractivity (Wildman–Crippen MR) is 93.5 cm³/mol. The molecule has 3 N–H and O–H groups in total. The lowest BCUT2D eigenvalue weighted by Crippen LogP contribution is -2.25. The van der Waals surface area contributed by atoms with Crippen LogP contribution in [-0.2, 0) is 13.0 Å². The molecule has 1 saturated carbocycles. The Balaban J connectivity index is 1.40. The number of amides is 1. The Morgan fingerprint density at radius 2 is 2.23 bits per heavy atom. The SMILES string of the molecule is O=C(Nc1cccc(-c2nnnn2C2CC2)c1)c1n[nH]c2c1CNCC2. The molecule has 1 aliphatic heterocycles. The Bertz CT molecular complexity index is 971. The number of carbonyl (C=O) groups is 1. The second-order valence-corrected chi connectivity index (χ2v) is 6.67. The van der Waals surface area contributed by atoms with Crippen molar-refractivity contribution in [1.82, 2.24) is 35.7 Å². The fourth-order valence-corrected chi connectivity index (χ4v) is 3.29. The molecular formula is C17H18N8O. The Hall–Kier alpha value is -3.07. The van der Waals surface area contributed by atoms with E-state index >= 15 is 0 Å². The number of fused-ring (bicyclic) bond motifs is 1. The van der Waals surface area contributed by atoms with Gasteiger partial charge in [-0.05, 0) is 35.4 Å². The molecule has 0 spiro atoms. The van der Waals surface area contributed by atoms with E-state index in [0.717, 1.165) is 48.5 Å². The van der Waals surface area contributed by atoms with Gasteiger partial charge < -0.3 is 10.6 Å². The van der Waals surface area contributed by atoms with Gasteiger partial charge in [0.05, 0.1) is 6.04 Å². The largest absolute Gasteiger partial charge is 0.321 e. The molecular weight excluding hydrogens is 332 g/mol. The lowest BCUT2D eigenvalue weighted by Gasteiger charge is -2.13. The van der Waals surface area contributed by atoms with Crippen molar-refractivity contribution in [3.05, 3.63) is 41.2 Å². The molecule has 3 heterocycles. The van der Waals surface area contributed by atoms with E-state index in [-0.39, 0.29) is 5.91 Å². The number of aromatic amines is 1. The topological polar surface area (TPSA) is 113 Å². The number of benzene rings is 1. The van der Waals surface area contributed by atoms with Gasteiger partial charge in [0.2, 0.25) is 0 Å². The van der Waals surface area contributed by atoms with Crippen LogP contribution in [0.4, 0.5) is 5.69 Å². The van der Waals surface area contributed by atoms with E-state index in [2.05, 4.69) is 36.4 Å². The molecule has 9 heteroatoms. The first kappa shape index (κ1) is 15.2. The van der Waals surface area contributed by atoms with Gasteiger partial charge in [-0.3, -0.25) is 9.89 Å². The number of H-pyrrole nitrogens is 1. The van der Waals surface area contributed by atoms with Crippen LogP contribution in [0.3, 0.4) is 0 Å². The summed E-state index contributed by atoms with van der Waals surface area (Å²) >= 11 is 0. The molecule has 1 amide bonds. The van der Waals surface area contributed by atoms with Crippen molar-refractivity contribution in [3.8, 4) is 11.4 Å². The number of carbonyl (C=O) groups excluding carboxylic acids is 1. The van der Waals surface area contributed by atoms with Crippen molar-refractivity contribution < 1.29 is 4.79 Å². The standard InChI is InChI=1S/C17H18N8O/c26-17(15-13-9-18-7-6-14(13)20-21-15)19-11-3-1-2-10(8-11)16-22-23-24-25(16)12-4-5-12/h1-3,8,12,18H,4-7,9H2,(H,19,26)(H,20,21). The number of tetrazole rings is 1. The van der Waals surface area contributed by atoms with E-state index in [0.29, 0.717) is 24.0 Å². The average Bonchev–Trinajstić information content (AvgIpc) is 3.23. The van der Waals surface area contributed by atoms with Gasteiger partial charge in [0.1, 0.15) is 0 Å². The second kappa shape index (κ2) is 6.03. The number of rotatable bonds is 4. The minimum atomic E-state index is -0.217. The molecule has 2 aromatic heterocycles. The highest BCUT2D eigenvalue weighted by atomic mass is 16.1. The van der Waals surface area contributed by atoms with Crippen LogP contribution in [0.5, 0.6) is 0 Å². The summed E-state index contributed by atoms with van der Waals surface area (Å²) in [7, 11) is 0. The van der Waals surface area contributed by atoms with Crippen LogP contribution >= 0.6 is 0 Å². The molecule has 5 rings (SSSR count). The summed E-state index contributed by atoms with van der Waals surface area (Å²) in [4.78, 5) is 12.7. The molecule has 9 nitrogen and oxygen atoms in total. The van der Waals surface area contributed by atoms with Crippen LogP contribution in [0.1, 0.15) is 40.6 Å². The monoisotopic (exact) mass is 350 g/mol. The molecule has 0 radical (unpaired) electrons. The Morgan fingerprint density at radius 1 is 1.31 bits per heavy atom. The average molecular weight is 350 g/mol. The van der Waals surface area contributed by atoms with E-state index in [4.69, 9.17) is 0 Å². The molecule has 1 fully saturated rings. The third kappa shape index (κ3) is 2.66. The van der Waals surface area contributed by atoms with Crippen molar-refractivity contribution >= 4 is 11.6 Å². The maximum Gasteiger partial charge on any atom is 0.276 e. The molecule has 0 bridgehead atoms. The fourth-order valence-electron chi connectivity index (χ4n) is 3.29. The van der Waals surface area contributed by atoms with Crippen molar-refractivity contribution in [3.63, 3.8) is 0 Å². The maximum atomic E-state index is 12.7. The number of hydrogen-bond acceptors (Lipinski definition) is 6. The zero-order valence-electron chi connectivity index (χ0n) is 14.1. The van der Waals surface area contributed by atoms with Gasteiger partial charge in [0, 0.05) is 42.0 Å². The van der Waals surface area contributed by atoms with Gasteiger partial charge >= 0.3 is 0 Å². The number of anilines is 1. The Labute approximate surface area is 149 Å². The number of aromatic nitrogens is 6. The summed E-state index contributed by atoms with van der Waals surface area (Å²) in [6, 6.07) is 7.96. The van der Waals surface area contributed by atoms with Crippen molar-refractivity contribution in [2.24, 2.45) is 0 Å². The van der Waals surface area contributed by atoms with Gasteiger partial charge in [-0.2, -0.15) is 5.10 Å². The normalized spacial score (nSPS) is 16.3. The Kier molecular flexibility index (Phi) is 3.52. The van der Waals surface area contributed by atoms with Crippen LogP contribution < -0.4 is 10.6 Å². The maximum absolute atomic E-state index is 12.7. The lowest BCUT2D eigenvalue weighted by atomic mass is 10.1. The van der Waals surface area contributed by atoms with Crippen molar-refractivity contribution in [2.45, 2.75) is 31.8 Å². The quantitative estimate of drug-likeness (QED) is 0.653. The third-order valence-corrected chi connectivity index (χ3v) is 4.79. The Morgan fingerprint density at radius 3 is 3.12 bits per heavy atom. The summed E-state index contributed by atoms with van der Waals surface area (Å²) in [6.07, 6.45) is 3.06. The van der Waals surface area contributed by atoms with Crippen molar-refractivity contribution in [1.29, 1.82) is 0 Å².